The van der Waals surface area contributed by atoms with Gasteiger partial charge in [-0.2, -0.15) is 0 Å². The van der Waals surface area contributed by atoms with Gasteiger partial charge in [-0.3, -0.25) is 9.78 Å². The minimum absolute atomic E-state index is 0.196. The lowest BCUT2D eigenvalue weighted by molar-refractivity contribution is 0.102. The third-order valence-electron chi connectivity index (χ3n) is 2.44. The molecule has 0 saturated carbocycles. The van der Waals surface area contributed by atoms with Gasteiger partial charge in [-0.05, 0) is 52.7 Å². The second kappa shape index (κ2) is 5.50. The smallest absolute Gasteiger partial charge is 0.255 e. The van der Waals surface area contributed by atoms with E-state index in [1.165, 1.54) is 0 Å². The van der Waals surface area contributed by atoms with Crippen LogP contribution in [0.5, 0.6) is 0 Å². The van der Waals surface area contributed by atoms with Crippen molar-refractivity contribution in [2.24, 2.45) is 0 Å². The van der Waals surface area contributed by atoms with Crippen molar-refractivity contribution < 1.29 is 4.79 Å². The third-order valence-corrected chi connectivity index (χ3v) is 3.50. The lowest BCUT2D eigenvalue weighted by Gasteiger charge is -2.09. The summed E-state index contributed by atoms with van der Waals surface area (Å²) in [5, 5.41) is 3.41. The molecule has 0 aliphatic heterocycles. The molecule has 1 aromatic heterocycles. The quantitative estimate of drug-likeness (QED) is 0.905. The standard InChI is InChI=1S/C13H10BrClN2O/c1-8-6-10(14)12(7-11(8)15)17-13(18)9-2-4-16-5-3-9/h2-7H,1H3,(H,17,18). The first-order valence-electron chi connectivity index (χ1n) is 5.25. The molecule has 0 bridgehead atoms. The maximum absolute atomic E-state index is 12.0. The van der Waals surface area contributed by atoms with E-state index < -0.39 is 0 Å². The summed E-state index contributed by atoms with van der Waals surface area (Å²) in [6.45, 7) is 1.90. The highest BCUT2D eigenvalue weighted by atomic mass is 79.9. The van der Waals surface area contributed by atoms with Crippen LogP contribution in [0.25, 0.3) is 0 Å². The second-order valence-electron chi connectivity index (χ2n) is 3.77. The van der Waals surface area contributed by atoms with E-state index in [4.69, 9.17) is 11.6 Å². The van der Waals surface area contributed by atoms with Crippen molar-refractivity contribution in [1.82, 2.24) is 4.98 Å². The Morgan fingerprint density at radius 3 is 2.67 bits per heavy atom. The zero-order valence-electron chi connectivity index (χ0n) is 9.58. The van der Waals surface area contributed by atoms with Crippen molar-refractivity contribution in [1.29, 1.82) is 0 Å². The summed E-state index contributed by atoms with van der Waals surface area (Å²) in [4.78, 5) is 15.8. The number of aryl methyl sites for hydroxylation is 1. The zero-order valence-corrected chi connectivity index (χ0v) is 11.9. The van der Waals surface area contributed by atoms with Crippen LogP contribution in [0.3, 0.4) is 0 Å². The minimum Gasteiger partial charge on any atom is -0.321 e. The molecule has 18 heavy (non-hydrogen) atoms. The summed E-state index contributed by atoms with van der Waals surface area (Å²) in [7, 11) is 0. The summed E-state index contributed by atoms with van der Waals surface area (Å²) in [6.07, 6.45) is 3.15. The fraction of sp³-hybridized carbons (Fsp3) is 0.0769. The van der Waals surface area contributed by atoms with Crippen LogP contribution in [0.1, 0.15) is 15.9 Å². The number of amides is 1. The van der Waals surface area contributed by atoms with Gasteiger partial charge in [0.15, 0.2) is 0 Å². The fourth-order valence-electron chi connectivity index (χ4n) is 1.44. The molecule has 92 valence electrons. The van der Waals surface area contributed by atoms with E-state index in [1.807, 2.05) is 13.0 Å². The zero-order chi connectivity index (χ0) is 13.1. The number of benzene rings is 1. The van der Waals surface area contributed by atoms with E-state index in [2.05, 4.69) is 26.2 Å². The molecule has 3 nitrogen and oxygen atoms in total. The largest absolute Gasteiger partial charge is 0.321 e. The van der Waals surface area contributed by atoms with Gasteiger partial charge in [-0.15, -0.1) is 0 Å². The number of nitrogens with zero attached hydrogens (tertiary/aromatic N) is 1. The van der Waals surface area contributed by atoms with E-state index >= 15 is 0 Å². The lowest BCUT2D eigenvalue weighted by atomic mass is 10.2. The van der Waals surface area contributed by atoms with Crippen LogP contribution in [0.2, 0.25) is 5.02 Å². The van der Waals surface area contributed by atoms with Crippen LogP contribution in [-0.2, 0) is 0 Å². The molecule has 0 unspecified atom stereocenters. The Morgan fingerprint density at radius 1 is 1.33 bits per heavy atom. The monoisotopic (exact) mass is 324 g/mol. The van der Waals surface area contributed by atoms with Gasteiger partial charge in [-0.1, -0.05) is 11.6 Å². The highest BCUT2D eigenvalue weighted by Gasteiger charge is 2.09. The van der Waals surface area contributed by atoms with Gasteiger partial charge < -0.3 is 5.32 Å². The summed E-state index contributed by atoms with van der Waals surface area (Å²) >= 11 is 9.43. The molecule has 0 atom stereocenters. The van der Waals surface area contributed by atoms with Crippen LogP contribution in [0, 0.1) is 6.92 Å². The second-order valence-corrected chi connectivity index (χ2v) is 5.03. The van der Waals surface area contributed by atoms with Crippen molar-refractivity contribution in [2.45, 2.75) is 6.92 Å². The predicted molar refractivity (Wildman–Crippen MR) is 76.1 cm³/mol. The fourth-order valence-corrected chi connectivity index (χ4v) is 2.16. The Bertz CT molecular complexity index is 587. The van der Waals surface area contributed by atoms with Crippen molar-refractivity contribution in [2.75, 3.05) is 5.32 Å². The molecular formula is C13H10BrClN2O. The summed E-state index contributed by atoms with van der Waals surface area (Å²) < 4.78 is 0.798. The van der Waals surface area contributed by atoms with Crippen LogP contribution >= 0.6 is 27.5 Å². The van der Waals surface area contributed by atoms with Crippen molar-refractivity contribution in [3.05, 3.63) is 57.3 Å². The number of halogens is 2. The average Bonchev–Trinajstić information content (AvgIpc) is 2.37. The lowest BCUT2D eigenvalue weighted by Crippen LogP contribution is -2.12. The number of hydrogen-bond donors (Lipinski definition) is 1. The molecule has 1 aromatic carbocycles. The first kappa shape index (κ1) is 13.1. The number of rotatable bonds is 2. The van der Waals surface area contributed by atoms with Crippen LogP contribution < -0.4 is 5.32 Å². The molecule has 1 N–H and O–H groups in total. The number of carbonyl (C=O) groups is 1. The SMILES string of the molecule is Cc1cc(Br)c(NC(=O)c2ccncc2)cc1Cl. The molecule has 5 heteroatoms. The Kier molecular flexibility index (Phi) is 3.99. The highest BCUT2D eigenvalue weighted by molar-refractivity contribution is 9.10. The molecule has 0 radical (unpaired) electrons. The Morgan fingerprint density at radius 2 is 2.00 bits per heavy atom. The molecule has 2 aromatic rings. The molecule has 0 aliphatic rings. The topological polar surface area (TPSA) is 42.0 Å². The predicted octanol–water partition coefficient (Wildman–Crippen LogP) is 4.06. The number of pyridine rings is 1. The maximum atomic E-state index is 12.0. The van der Waals surface area contributed by atoms with E-state index in [9.17, 15) is 4.79 Å². The average molecular weight is 326 g/mol. The van der Waals surface area contributed by atoms with Gasteiger partial charge in [0.05, 0.1) is 5.69 Å². The van der Waals surface area contributed by atoms with Crippen LogP contribution in [0.4, 0.5) is 5.69 Å². The molecular weight excluding hydrogens is 316 g/mol. The van der Waals surface area contributed by atoms with Crippen molar-refractivity contribution in [3.63, 3.8) is 0 Å². The first-order valence-corrected chi connectivity index (χ1v) is 6.42. The van der Waals surface area contributed by atoms with E-state index in [1.54, 1.807) is 30.6 Å². The molecule has 0 saturated heterocycles. The first-order chi connectivity index (χ1) is 8.58. The normalized spacial score (nSPS) is 10.2. The van der Waals surface area contributed by atoms with Gasteiger partial charge in [-0.25, -0.2) is 0 Å². The minimum atomic E-state index is -0.196. The number of anilines is 1. The molecule has 0 fully saturated rings. The van der Waals surface area contributed by atoms with E-state index in [-0.39, 0.29) is 5.91 Å². The Labute approximate surface area is 118 Å². The summed E-state index contributed by atoms with van der Waals surface area (Å²) in [5.74, 6) is -0.196. The Hall–Kier alpha value is -1.39. The van der Waals surface area contributed by atoms with Gasteiger partial charge in [0.1, 0.15) is 0 Å². The van der Waals surface area contributed by atoms with Crippen molar-refractivity contribution >= 4 is 39.1 Å². The number of nitrogens with one attached hydrogen (secondary N) is 1. The Balaban J connectivity index is 2.25. The maximum Gasteiger partial charge on any atom is 0.255 e. The number of hydrogen-bond acceptors (Lipinski definition) is 2. The van der Waals surface area contributed by atoms with Crippen LogP contribution in [-0.4, -0.2) is 10.9 Å². The van der Waals surface area contributed by atoms with E-state index in [0.29, 0.717) is 16.3 Å². The highest BCUT2D eigenvalue weighted by Crippen LogP contribution is 2.29. The van der Waals surface area contributed by atoms with Crippen LogP contribution in [0.15, 0.2) is 41.1 Å². The molecule has 1 amide bonds. The summed E-state index contributed by atoms with van der Waals surface area (Å²) in [5.41, 5.74) is 2.14. The van der Waals surface area contributed by atoms with Crippen molar-refractivity contribution in [3.8, 4) is 0 Å². The molecule has 2 rings (SSSR count). The van der Waals surface area contributed by atoms with Gasteiger partial charge in [0.25, 0.3) is 5.91 Å². The molecule has 0 spiro atoms. The third kappa shape index (κ3) is 2.89. The van der Waals surface area contributed by atoms with E-state index in [0.717, 1.165) is 10.0 Å². The number of aromatic nitrogens is 1. The molecule has 1 heterocycles. The van der Waals surface area contributed by atoms with Gasteiger partial charge in [0.2, 0.25) is 0 Å². The number of carbonyl (C=O) groups excluding carboxylic acids is 1. The molecule has 0 aliphatic carbocycles. The summed E-state index contributed by atoms with van der Waals surface area (Å²) in [6, 6.07) is 6.89. The van der Waals surface area contributed by atoms with Gasteiger partial charge in [0, 0.05) is 27.5 Å². The van der Waals surface area contributed by atoms with Gasteiger partial charge >= 0.3 is 0 Å².